The van der Waals surface area contributed by atoms with Crippen LogP contribution >= 0.6 is 11.6 Å². The fraction of sp³-hybridized carbons (Fsp3) is 0.484. The van der Waals surface area contributed by atoms with Crippen LogP contribution in [0.15, 0.2) is 42.9 Å². The Kier molecular flexibility index (Phi) is 12.6. The van der Waals surface area contributed by atoms with Crippen LogP contribution < -0.4 is 15.4 Å². The van der Waals surface area contributed by atoms with Crippen LogP contribution in [0.2, 0.25) is 5.02 Å². The van der Waals surface area contributed by atoms with Crippen molar-refractivity contribution in [1.82, 2.24) is 25.2 Å². The molecule has 1 fully saturated rings. The number of hydrogen-bond acceptors (Lipinski definition) is 12. The second kappa shape index (κ2) is 16.4. The molecule has 4 rings (SSSR count). The van der Waals surface area contributed by atoms with E-state index in [2.05, 4.69) is 30.5 Å². The number of aromatic nitrogens is 3. The van der Waals surface area contributed by atoms with Gasteiger partial charge in [0.25, 0.3) is 5.91 Å². The Bertz CT molecular complexity index is 1470. The van der Waals surface area contributed by atoms with Crippen molar-refractivity contribution in [3.63, 3.8) is 0 Å². The molecule has 3 aromatic rings. The molecule has 5 atom stereocenters. The lowest BCUT2D eigenvalue weighted by Crippen LogP contribution is -2.59. The first-order valence-corrected chi connectivity index (χ1v) is 15.3. The summed E-state index contributed by atoms with van der Waals surface area (Å²) in [4.78, 5) is 28.1. The molecule has 5 unspecified atom stereocenters. The smallest absolute Gasteiger partial charge is 0.254 e. The maximum Gasteiger partial charge on any atom is 0.254 e. The summed E-state index contributed by atoms with van der Waals surface area (Å²) in [7, 11) is 1.44. The van der Waals surface area contributed by atoms with Gasteiger partial charge < -0.3 is 45.4 Å². The van der Waals surface area contributed by atoms with Crippen molar-refractivity contribution in [2.45, 2.75) is 63.3 Å². The van der Waals surface area contributed by atoms with E-state index in [0.29, 0.717) is 43.2 Å². The second-order valence-electron chi connectivity index (χ2n) is 11.2. The molecule has 3 heterocycles. The molecule has 1 aliphatic heterocycles. The van der Waals surface area contributed by atoms with Crippen LogP contribution in [0.25, 0.3) is 11.4 Å². The average Bonchev–Trinajstić information content (AvgIpc) is 3.05. The molecule has 0 spiro atoms. The second-order valence-corrected chi connectivity index (χ2v) is 11.6. The van der Waals surface area contributed by atoms with E-state index in [-0.39, 0.29) is 40.5 Å². The highest BCUT2D eigenvalue weighted by Crippen LogP contribution is 2.31. The van der Waals surface area contributed by atoms with E-state index in [1.807, 2.05) is 13.8 Å². The molecule has 0 radical (unpaired) electrons. The molecule has 1 aliphatic rings. The minimum atomic E-state index is -1.41. The zero-order chi connectivity index (χ0) is 33.4. The van der Waals surface area contributed by atoms with E-state index >= 15 is 0 Å². The molecule has 13 nitrogen and oxygen atoms in total. The molecule has 1 amide bonds. The molecular formula is C31H40ClFN6O7. The predicted molar refractivity (Wildman–Crippen MR) is 169 cm³/mol. The number of rotatable bonds is 14. The van der Waals surface area contributed by atoms with Crippen LogP contribution in [-0.2, 0) is 4.74 Å². The minimum Gasteiger partial charge on any atom is -0.491 e. The van der Waals surface area contributed by atoms with Crippen LogP contribution in [0, 0.1) is 5.82 Å². The number of aliphatic hydroxyl groups is 4. The first-order valence-electron chi connectivity index (χ1n) is 14.9. The number of benzene rings is 1. The summed E-state index contributed by atoms with van der Waals surface area (Å²) in [6.07, 6.45) is -0.466. The first kappa shape index (κ1) is 35.4. The molecule has 1 saturated heterocycles. The quantitative estimate of drug-likeness (QED) is 0.139. The van der Waals surface area contributed by atoms with Gasteiger partial charge in [0.2, 0.25) is 0 Å². The maximum atomic E-state index is 14.5. The van der Waals surface area contributed by atoms with Crippen molar-refractivity contribution in [1.29, 1.82) is 0 Å². The molecule has 0 saturated carbocycles. The fourth-order valence-corrected chi connectivity index (χ4v) is 5.31. The number of nitrogens with one attached hydrogen (secondary N) is 2. The lowest BCUT2D eigenvalue weighted by atomic mass is 9.93. The van der Waals surface area contributed by atoms with E-state index in [1.165, 1.54) is 43.9 Å². The lowest BCUT2D eigenvalue weighted by Gasteiger charge is -2.41. The standard InChI is InChI=1S/C31H40ClFN6O7/c1-17(2)39(12-8-23-26(41)28(43)27(42)25(16-40)46-23)11-4-9-35-31(44)20-14-34-10-7-22(20)37-30-24(45-3)15-36-29(38-30)19-13-18(32)5-6-21(19)33/h5-7,10,13-15,17,23,25-28,40-43H,4,8-9,11-12,16H2,1-3H3,(H,35,44)(H,34,36,37,38). The number of amides is 1. The number of hydrogen-bond donors (Lipinski definition) is 6. The van der Waals surface area contributed by atoms with Crippen LogP contribution in [0.4, 0.5) is 15.9 Å². The summed E-state index contributed by atoms with van der Waals surface area (Å²) in [5.74, 6) is -0.368. The summed E-state index contributed by atoms with van der Waals surface area (Å²) in [6.45, 7) is 5.06. The topological polar surface area (TPSA) is 182 Å². The van der Waals surface area contributed by atoms with E-state index in [1.54, 1.807) is 6.07 Å². The van der Waals surface area contributed by atoms with Crippen molar-refractivity contribution in [2.24, 2.45) is 0 Å². The van der Waals surface area contributed by atoms with E-state index < -0.39 is 42.9 Å². The minimum absolute atomic E-state index is 0.0737. The molecule has 46 heavy (non-hydrogen) atoms. The Balaban J connectivity index is 1.36. The monoisotopic (exact) mass is 662 g/mol. The van der Waals surface area contributed by atoms with Crippen LogP contribution in [0.3, 0.4) is 0 Å². The van der Waals surface area contributed by atoms with Gasteiger partial charge in [-0.15, -0.1) is 0 Å². The third-order valence-corrected chi connectivity index (χ3v) is 8.03. The number of aliphatic hydroxyl groups excluding tert-OH is 4. The Morgan fingerprint density at radius 2 is 1.89 bits per heavy atom. The predicted octanol–water partition coefficient (Wildman–Crippen LogP) is 2.15. The fourth-order valence-electron chi connectivity index (χ4n) is 5.14. The van der Waals surface area contributed by atoms with Crippen LogP contribution in [-0.4, -0.2) is 116 Å². The highest BCUT2D eigenvalue weighted by atomic mass is 35.5. The molecule has 0 bridgehead atoms. The molecule has 2 aromatic heterocycles. The zero-order valence-electron chi connectivity index (χ0n) is 25.8. The van der Waals surface area contributed by atoms with Crippen molar-refractivity contribution in [2.75, 3.05) is 38.7 Å². The van der Waals surface area contributed by atoms with Gasteiger partial charge in [-0.2, -0.15) is 0 Å². The number of ether oxygens (including phenoxy) is 2. The van der Waals surface area contributed by atoms with Crippen molar-refractivity contribution in [3.8, 4) is 17.1 Å². The number of halogens is 2. The molecule has 1 aromatic carbocycles. The first-order chi connectivity index (χ1) is 22.0. The van der Waals surface area contributed by atoms with Gasteiger partial charge in [-0.05, 0) is 51.0 Å². The Hall–Kier alpha value is -3.50. The van der Waals surface area contributed by atoms with Gasteiger partial charge in [0.05, 0.1) is 42.8 Å². The van der Waals surface area contributed by atoms with Gasteiger partial charge in [-0.3, -0.25) is 9.78 Å². The van der Waals surface area contributed by atoms with Crippen LogP contribution in [0.5, 0.6) is 5.75 Å². The van der Waals surface area contributed by atoms with Crippen molar-refractivity contribution >= 4 is 29.0 Å². The summed E-state index contributed by atoms with van der Waals surface area (Å²) in [5.41, 5.74) is 0.752. The number of methoxy groups -OCH3 is 1. The Morgan fingerprint density at radius 1 is 1.13 bits per heavy atom. The SMILES string of the molecule is COc1cnc(-c2cc(Cl)ccc2F)nc1Nc1ccncc1C(=O)NCCCN(CCC1OC(CO)C(O)C(O)C1O)C(C)C. The highest BCUT2D eigenvalue weighted by Gasteiger charge is 2.43. The molecule has 250 valence electrons. The highest BCUT2D eigenvalue weighted by molar-refractivity contribution is 6.30. The Labute approximate surface area is 271 Å². The molecular weight excluding hydrogens is 623 g/mol. The summed E-state index contributed by atoms with van der Waals surface area (Å²) < 4.78 is 25.5. The average molecular weight is 663 g/mol. The summed E-state index contributed by atoms with van der Waals surface area (Å²) in [6, 6.07) is 5.82. The summed E-state index contributed by atoms with van der Waals surface area (Å²) >= 11 is 6.05. The lowest BCUT2D eigenvalue weighted by molar-refractivity contribution is -0.231. The van der Waals surface area contributed by atoms with Crippen LogP contribution in [0.1, 0.15) is 37.0 Å². The van der Waals surface area contributed by atoms with Gasteiger partial charge >= 0.3 is 0 Å². The molecule has 6 N–H and O–H groups in total. The van der Waals surface area contributed by atoms with Gasteiger partial charge in [-0.25, -0.2) is 14.4 Å². The number of pyridine rings is 1. The number of carbonyl (C=O) groups excluding carboxylic acids is 1. The number of carbonyl (C=O) groups is 1. The third-order valence-electron chi connectivity index (χ3n) is 7.79. The van der Waals surface area contributed by atoms with Gasteiger partial charge in [0, 0.05) is 43.1 Å². The molecule has 15 heteroatoms. The van der Waals surface area contributed by atoms with Gasteiger partial charge in [-0.1, -0.05) is 11.6 Å². The summed E-state index contributed by atoms with van der Waals surface area (Å²) in [5, 5.41) is 46.2. The van der Waals surface area contributed by atoms with E-state index in [9.17, 15) is 29.6 Å². The third kappa shape index (κ3) is 8.64. The normalized spacial score (nSPS) is 21.4. The largest absolute Gasteiger partial charge is 0.491 e. The van der Waals surface area contributed by atoms with Gasteiger partial charge in [0.1, 0.15) is 30.2 Å². The van der Waals surface area contributed by atoms with E-state index in [0.717, 1.165) is 0 Å². The number of nitrogens with zero attached hydrogens (tertiary/aromatic N) is 4. The molecule has 0 aliphatic carbocycles. The van der Waals surface area contributed by atoms with E-state index in [4.69, 9.17) is 21.1 Å². The van der Waals surface area contributed by atoms with Crippen molar-refractivity contribution in [3.05, 3.63) is 59.3 Å². The Morgan fingerprint density at radius 3 is 2.61 bits per heavy atom. The number of anilines is 2. The van der Waals surface area contributed by atoms with Crippen molar-refractivity contribution < 1.29 is 39.1 Å². The zero-order valence-corrected chi connectivity index (χ0v) is 26.6. The maximum absolute atomic E-state index is 14.5. The van der Waals surface area contributed by atoms with Gasteiger partial charge in [0.15, 0.2) is 17.4 Å².